The number of thiazole rings is 1. The minimum Gasteiger partial charge on any atom is -0.235 e. The summed E-state index contributed by atoms with van der Waals surface area (Å²) < 4.78 is 0. The van der Waals surface area contributed by atoms with Gasteiger partial charge in [0.15, 0.2) is 0 Å². The summed E-state index contributed by atoms with van der Waals surface area (Å²) in [5, 5.41) is 12.1. The van der Waals surface area contributed by atoms with Gasteiger partial charge >= 0.3 is 0 Å². The molecule has 0 radical (unpaired) electrons. The zero-order valence-corrected chi connectivity index (χ0v) is 12.0. The minimum atomic E-state index is 0.591. The van der Waals surface area contributed by atoms with Crippen LogP contribution in [0.25, 0.3) is 22.9 Å². The maximum Gasteiger partial charge on any atom is 0.134 e. The van der Waals surface area contributed by atoms with E-state index in [1.165, 1.54) is 11.3 Å². The van der Waals surface area contributed by atoms with E-state index >= 15 is 0 Å². The van der Waals surface area contributed by atoms with Crippen molar-refractivity contribution >= 4 is 23.0 Å². The third-order valence-corrected chi connectivity index (χ3v) is 3.91. The molecule has 0 amide bonds. The summed E-state index contributed by atoms with van der Waals surface area (Å²) in [7, 11) is 0. The molecule has 100 valence electrons. The molecule has 0 aliphatic carbocycles. The van der Waals surface area contributed by atoms with Crippen molar-refractivity contribution in [1.82, 2.24) is 4.98 Å². The van der Waals surface area contributed by atoms with Crippen LogP contribution in [-0.2, 0) is 0 Å². The Bertz CT molecular complexity index is 796. The fourth-order valence-corrected chi connectivity index (χ4v) is 2.79. The lowest BCUT2D eigenvalue weighted by Gasteiger charge is -1.96. The van der Waals surface area contributed by atoms with Crippen LogP contribution in [0.4, 0.5) is 0 Å². The Hall–Kier alpha value is -2.70. The van der Waals surface area contributed by atoms with Gasteiger partial charge in [-0.15, -0.1) is 11.3 Å². The molecule has 3 rings (SSSR count). The molecule has 21 heavy (non-hydrogen) atoms. The van der Waals surface area contributed by atoms with Crippen LogP contribution in [0.15, 0.2) is 66.0 Å². The van der Waals surface area contributed by atoms with Gasteiger partial charge in [0.05, 0.1) is 11.3 Å². The average Bonchev–Trinajstić information content (AvgIpc) is 3.04. The number of hydrogen-bond acceptors (Lipinski definition) is 3. The Morgan fingerprint density at radius 3 is 2.33 bits per heavy atom. The van der Waals surface area contributed by atoms with Gasteiger partial charge in [-0.3, -0.25) is 0 Å². The fourth-order valence-electron chi connectivity index (χ4n) is 2.00. The van der Waals surface area contributed by atoms with Crippen molar-refractivity contribution in [3.8, 4) is 17.3 Å². The van der Waals surface area contributed by atoms with Crippen LogP contribution in [0.3, 0.4) is 0 Å². The summed E-state index contributed by atoms with van der Waals surface area (Å²) >= 11 is 1.49. The second kappa shape index (κ2) is 6.17. The van der Waals surface area contributed by atoms with E-state index in [-0.39, 0.29) is 0 Å². The first-order chi connectivity index (χ1) is 10.4. The van der Waals surface area contributed by atoms with Crippen LogP contribution in [0.1, 0.15) is 10.6 Å². The lowest BCUT2D eigenvalue weighted by Crippen LogP contribution is -1.82. The van der Waals surface area contributed by atoms with Crippen LogP contribution in [0, 0.1) is 11.3 Å². The largest absolute Gasteiger partial charge is 0.235 e. The van der Waals surface area contributed by atoms with Crippen LogP contribution in [0.2, 0.25) is 0 Å². The number of nitrogens with zero attached hydrogens (tertiary/aromatic N) is 2. The van der Waals surface area contributed by atoms with E-state index in [0.717, 1.165) is 21.8 Å². The normalized spacial score (nSPS) is 11.1. The highest BCUT2D eigenvalue weighted by Gasteiger charge is 2.08. The highest BCUT2D eigenvalue weighted by Crippen LogP contribution is 2.26. The summed E-state index contributed by atoms with van der Waals surface area (Å²) in [4.78, 5) is 4.58. The van der Waals surface area contributed by atoms with Crippen molar-refractivity contribution in [2.45, 2.75) is 0 Å². The zero-order chi connectivity index (χ0) is 14.5. The molecule has 0 unspecified atom stereocenters. The Balaban J connectivity index is 1.95. The molecule has 0 aliphatic heterocycles. The van der Waals surface area contributed by atoms with E-state index in [4.69, 9.17) is 0 Å². The molecule has 0 fully saturated rings. The third kappa shape index (κ3) is 3.07. The monoisotopic (exact) mass is 288 g/mol. The molecule has 3 aromatic rings. The van der Waals surface area contributed by atoms with Gasteiger partial charge in [0, 0.05) is 10.9 Å². The molecule has 2 aromatic carbocycles. The molecule has 0 saturated carbocycles. The highest BCUT2D eigenvalue weighted by atomic mass is 32.1. The fraction of sp³-hybridized carbons (Fsp3) is 0. The smallest absolute Gasteiger partial charge is 0.134 e. The van der Waals surface area contributed by atoms with Gasteiger partial charge in [0.1, 0.15) is 11.1 Å². The molecule has 0 N–H and O–H groups in total. The van der Waals surface area contributed by atoms with E-state index in [1.54, 1.807) is 0 Å². The minimum absolute atomic E-state index is 0.591. The van der Waals surface area contributed by atoms with Crippen LogP contribution in [-0.4, -0.2) is 4.98 Å². The lowest BCUT2D eigenvalue weighted by molar-refractivity contribution is 1.37. The molecule has 0 atom stereocenters. The van der Waals surface area contributed by atoms with Crippen molar-refractivity contribution in [2.24, 2.45) is 0 Å². The van der Waals surface area contributed by atoms with Crippen LogP contribution >= 0.6 is 11.3 Å². The molecular formula is C18H12N2S. The number of allylic oxidation sites excluding steroid dienone is 1. The second-order valence-corrected chi connectivity index (χ2v) is 5.34. The Morgan fingerprint density at radius 1 is 1.00 bits per heavy atom. The molecule has 0 saturated heterocycles. The Morgan fingerprint density at radius 2 is 1.67 bits per heavy atom. The molecule has 0 aliphatic rings. The van der Waals surface area contributed by atoms with Gasteiger partial charge in [-0.05, 0) is 11.6 Å². The summed E-state index contributed by atoms with van der Waals surface area (Å²) in [5.74, 6) is 0. The van der Waals surface area contributed by atoms with Crippen molar-refractivity contribution in [1.29, 1.82) is 5.26 Å². The van der Waals surface area contributed by atoms with Crippen molar-refractivity contribution in [2.75, 3.05) is 0 Å². The first-order valence-corrected chi connectivity index (χ1v) is 7.43. The van der Waals surface area contributed by atoms with E-state index < -0.39 is 0 Å². The summed E-state index contributed by atoms with van der Waals surface area (Å²) in [6.45, 7) is 0. The number of hydrogen-bond donors (Lipinski definition) is 0. The molecule has 1 heterocycles. The SMILES string of the molecule is N#C/C(=C\c1ccccc1)c1nc(-c2ccccc2)cs1. The molecule has 2 nitrogen and oxygen atoms in total. The van der Waals surface area contributed by atoms with Crippen molar-refractivity contribution in [3.05, 3.63) is 76.6 Å². The van der Waals surface area contributed by atoms with Crippen LogP contribution < -0.4 is 0 Å². The van der Waals surface area contributed by atoms with Gasteiger partial charge in [-0.25, -0.2) is 4.98 Å². The van der Waals surface area contributed by atoms with Gasteiger partial charge in [0.2, 0.25) is 0 Å². The first kappa shape index (κ1) is 13.3. The van der Waals surface area contributed by atoms with Crippen LogP contribution in [0.5, 0.6) is 0 Å². The average molecular weight is 288 g/mol. The summed E-state index contributed by atoms with van der Waals surface area (Å²) in [5.41, 5.74) is 3.57. The number of aromatic nitrogens is 1. The van der Waals surface area contributed by atoms with Gasteiger partial charge in [-0.1, -0.05) is 60.7 Å². The van der Waals surface area contributed by atoms with E-state index in [9.17, 15) is 5.26 Å². The predicted octanol–water partition coefficient (Wildman–Crippen LogP) is 4.87. The quantitative estimate of drug-likeness (QED) is 0.644. The maximum absolute atomic E-state index is 9.37. The Kier molecular flexibility index (Phi) is 3.90. The van der Waals surface area contributed by atoms with E-state index in [1.807, 2.05) is 72.1 Å². The van der Waals surface area contributed by atoms with E-state index in [2.05, 4.69) is 11.1 Å². The molecular weight excluding hydrogens is 276 g/mol. The van der Waals surface area contributed by atoms with Gasteiger partial charge < -0.3 is 0 Å². The maximum atomic E-state index is 9.37. The van der Waals surface area contributed by atoms with Gasteiger partial charge in [0.25, 0.3) is 0 Å². The second-order valence-electron chi connectivity index (χ2n) is 4.48. The van der Waals surface area contributed by atoms with E-state index in [0.29, 0.717) is 5.57 Å². The van der Waals surface area contributed by atoms with Crippen molar-refractivity contribution < 1.29 is 0 Å². The third-order valence-electron chi connectivity index (χ3n) is 3.04. The van der Waals surface area contributed by atoms with Gasteiger partial charge in [-0.2, -0.15) is 5.26 Å². The summed E-state index contributed by atoms with van der Waals surface area (Å²) in [6, 6.07) is 22.1. The highest BCUT2D eigenvalue weighted by molar-refractivity contribution is 7.11. The summed E-state index contributed by atoms with van der Waals surface area (Å²) in [6.07, 6.45) is 1.87. The topological polar surface area (TPSA) is 36.7 Å². The number of rotatable bonds is 3. The Labute approximate surface area is 127 Å². The number of benzene rings is 2. The molecule has 3 heteroatoms. The lowest BCUT2D eigenvalue weighted by atomic mass is 10.1. The number of nitriles is 1. The standard InChI is InChI=1S/C18H12N2S/c19-12-16(11-14-7-3-1-4-8-14)18-20-17(13-21-18)15-9-5-2-6-10-15/h1-11,13H/b16-11+. The van der Waals surface area contributed by atoms with Crippen molar-refractivity contribution in [3.63, 3.8) is 0 Å². The zero-order valence-electron chi connectivity index (χ0n) is 11.2. The molecule has 0 bridgehead atoms. The molecule has 1 aromatic heterocycles. The molecule has 0 spiro atoms. The first-order valence-electron chi connectivity index (χ1n) is 6.55. The predicted molar refractivity (Wildman–Crippen MR) is 87.5 cm³/mol.